The van der Waals surface area contributed by atoms with Gasteiger partial charge in [-0.25, -0.2) is 9.36 Å². The molecule has 3 rings (SSSR count). The van der Waals surface area contributed by atoms with Crippen LogP contribution in [0.4, 0.5) is 0 Å². The molecule has 2 aromatic rings. The standard InChI is InChI=1S/C13H12N2O2/c16-12-9-11-7-4-8-14(11)13(17)15(12)10-5-2-1-3-6-10/h1-3,5-6,9H,4,7-8H2. The molecule has 0 N–H and O–H groups in total. The van der Waals surface area contributed by atoms with Crippen molar-refractivity contribution in [3.05, 3.63) is 62.9 Å². The summed E-state index contributed by atoms with van der Waals surface area (Å²) >= 11 is 0. The summed E-state index contributed by atoms with van der Waals surface area (Å²) in [4.78, 5) is 24.2. The van der Waals surface area contributed by atoms with Crippen molar-refractivity contribution >= 4 is 0 Å². The summed E-state index contributed by atoms with van der Waals surface area (Å²) in [6.07, 6.45) is 1.76. The van der Waals surface area contributed by atoms with Gasteiger partial charge >= 0.3 is 5.69 Å². The number of hydrogen-bond donors (Lipinski definition) is 0. The zero-order valence-electron chi connectivity index (χ0n) is 9.30. The van der Waals surface area contributed by atoms with Crippen LogP contribution in [0.2, 0.25) is 0 Å². The zero-order chi connectivity index (χ0) is 11.8. The Morgan fingerprint density at radius 1 is 1.06 bits per heavy atom. The van der Waals surface area contributed by atoms with Crippen molar-refractivity contribution < 1.29 is 0 Å². The Labute approximate surface area is 97.8 Å². The Balaban J connectivity index is 2.33. The van der Waals surface area contributed by atoms with E-state index in [-0.39, 0.29) is 11.2 Å². The second kappa shape index (κ2) is 3.73. The average molecular weight is 228 g/mol. The van der Waals surface area contributed by atoms with Crippen molar-refractivity contribution in [1.82, 2.24) is 9.13 Å². The molecule has 0 saturated carbocycles. The Morgan fingerprint density at radius 2 is 1.82 bits per heavy atom. The summed E-state index contributed by atoms with van der Waals surface area (Å²) in [6.45, 7) is 0.710. The van der Waals surface area contributed by atoms with E-state index in [1.54, 1.807) is 22.8 Å². The molecule has 0 bridgehead atoms. The molecule has 0 radical (unpaired) electrons. The third kappa shape index (κ3) is 1.53. The van der Waals surface area contributed by atoms with Gasteiger partial charge in [-0.1, -0.05) is 18.2 Å². The fraction of sp³-hybridized carbons (Fsp3) is 0.231. The van der Waals surface area contributed by atoms with Crippen LogP contribution < -0.4 is 11.2 Å². The van der Waals surface area contributed by atoms with E-state index in [1.807, 2.05) is 18.2 Å². The number of para-hydroxylation sites is 1. The van der Waals surface area contributed by atoms with Gasteiger partial charge in [-0.2, -0.15) is 0 Å². The van der Waals surface area contributed by atoms with Crippen LogP contribution in [0.5, 0.6) is 0 Å². The Kier molecular flexibility index (Phi) is 2.21. The molecule has 1 aliphatic rings. The molecule has 1 aromatic carbocycles. The number of fused-ring (bicyclic) bond motifs is 1. The highest BCUT2D eigenvalue weighted by atomic mass is 16.2. The zero-order valence-corrected chi connectivity index (χ0v) is 9.30. The van der Waals surface area contributed by atoms with Gasteiger partial charge in [0.15, 0.2) is 0 Å². The minimum Gasteiger partial charge on any atom is -0.297 e. The Morgan fingerprint density at radius 3 is 2.59 bits per heavy atom. The second-order valence-corrected chi connectivity index (χ2v) is 4.18. The summed E-state index contributed by atoms with van der Waals surface area (Å²) in [6, 6.07) is 10.6. The third-order valence-electron chi connectivity index (χ3n) is 3.11. The number of rotatable bonds is 1. The second-order valence-electron chi connectivity index (χ2n) is 4.18. The normalized spacial score (nSPS) is 13.6. The number of aromatic nitrogens is 2. The van der Waals surface area contributed by atoms with Crippen LogP contribution in [-0.4, -0.2) is 9.13 Å². The van der Waals surface area contributed by atoms with Gasteiger partial charge in [-0.15, -0.1) is 0 Å². The fourth-order valence-electron chi connectivity index (χ4n) is 2.30. The summed E-state index contributed by atoms with van der Waals surface area (Å²) < 4.78 is 2.92. The summed E-state index contributed by atoms with van der Waals surface area (Å²) in [5.74, 6) is 0. The van der Waals surface area contributed by atoms with Crippen LogP contribution in [0, 0.1) is 0 Å². The molecular weight excluding hydrogens is 216 g/mol. The molecule has 0 fully saturated rings. The number of benzene rings is 1. The Hall–Kier alpha value is -2.10. The first kappa shape index (κ1) is 10.1. The smallest absolute Gasteiger partial charge is 0.297 e. The van der Waals surface area contributed by atoms with E-state index in [1.165, 1.54) is 4.57 Å². The minimum atomic E-state index is -0.241. The van der Waals surface area contributed by atoms with Crippen molar-refractivity contribution in [2.75, 3.05) is 0 Å². The third-order valence-corrected chi connectivity index (χ3v) is 3.11. The molecule has 0 atom stereocenters. The van der Waals surface area contributed by atoms with E-state index < -0.39 is 0 Å². The van der Waals surface area contributed by atoms with E-state index in [9.17, 15) is 9.59 Å². The highest BCUT2D eigenvalue weighted by Crippen LogP contribution is 2.09. The largest absolute Gasteiger partial charge is 0.335 e. The molecule has 86 valence electrons. The quantitative estimate of drug-likeness (QED) is 0.729. The van der Waals surface area contributed by atoms with E-state index in [0.717, 1.165) is 18.5 Å². The maximum absolute atomic E-state index is 12.2. The van der Waals surface area contributed by atoms with Gasteiger partial charge in [-0.3, -0.25) is 9.36 Å². The van der Waals surface area contributed by atoms with Gasteiger partial charge in [-0.05, 0) is 25.0 Å². The maximum atomic E-state index is 12.2. The number of hydrogen-bond acceptors (Lipinski definition) is 2. The first-order valence-corrected chi connectivity index (χ1v) is 5.68. The maximum Gasteiger partial charge on any atom is 0.335 e. The molecule has 0 aliphatic carbocycles. The lowest BCUT2D eigenvalue weighted by Gasteiger charge is -2.08. The van der Waals surface area contributed by atoms with Crippen molar-refractivity contribution in [2.45, 2.75) is 19.4 Å². The van der Waals surface area contributed by atoms with Gasteiger partial charge in [0.25, 0.3) is 5.56 Å². The lowest BCUT2D eigenvalue weighted by Crippen LogP contribution is -2.38. The predicted molar refractivity (Wildman–Crippen MR) is 64.6 cm³/mol. The lowest BCUT2D eigenvalue weighted by molar-refractivity contribution is 0.663. The molecule has 2 heterocycles. The van der Waals surface area contributed by atoms with Crippen LogP contribution in [0.1, 0.15) is 12.1 Å². The van der Waals surface area contributed by atoms with Gasteiger partial charge in [0.2, 0.25) is 0 Å². The first-order valence-electron chi connectivity index (χ1n) is 5.68. The molecular formula is C13H12N2O2. The van der Waals surface area contributed by atoms with Crippen LogP contribution in [-0.2, 0) is 13.0 Å². The van der Waals surface area contributed by atoms with Gasteiger partial charge in [0, 0.05) is 18.3 Å². The topological polar surface area (TPSA) is 44.0 Å². The fourth-order valence-corrected chi connectivity index (χ4v) is 2.30. The number of aryl methyl sites for hydroxylation is 1. The molecule has 1 aliphatic heterocycles. The summed E-state index contributed by atoms with van der Waals surface area (Å²) in [7, 11) is 0. The van der Waals surface area contributed by atoms with Crippen LogP contribution in [0.3, 0.4) is 0 Å². The van der Waals surface area contributed by atoms with Crippen molar-refractivity contribution in [3.63, 3.8) is 0 Å². The highest BCUT2D eigenvalue weighted by molar-refractivity contribution is 5.31. The molecule has 0 unspecified atom stereocenters. The molecule has 0 spiro atoms. The first-order chi connectivity index (χ1) is 8.27. The van der Waals surface area contributed by atoms with E-state index in [4.69, 9.17) is 0 Å². The lowest BCUT2D eigenvalue weighted by atomic mass is 10.3. The Bertz CT molecular complexity index is 668. The summed E-state index contributed by atoms with van der Waals surface area (Å²) in [5.41, 5.74) is 1.02. The molecule has 17 heavy (non-hydrogen) atoms. The van der Waals surface area contributed by atoms with Gasteiger partial charge in [0.1, 0.15) is 0 Å². The van der Waals surface area contributed by atoms with E-state index >= 15 is 0 Å². The predicted octanol–water partition coefficient (Wildman–Crippen LogP) is 0.945. The molecule has 4 nitrogen and oxygen atoms in total. The van der Waals surface area contributed by atoms with Crippen LogP contribution in [0.15, 0.2) is 46.0 Å². The molecule has 4 heteroatoms. The molecule has 1 aromatic heterocycles. The van der Waals surface area contributed by atoms with E-state index in [0.29, 0.717) is 12.2 Å². The van der Waals surface area contributed by atoms with Gasteiger partial charge < -0.3 is 0 Å². The van der Waals surface area contributed by atoms with Gasteiger partial charge in [0.05, 0.1) is 5.69 Å². The van der Waals surface area contributed by atoms with E-state index in [2.05, 4.69) is 0 Å². The SMILES string of the molecule is O=c1cc2n(c(=O)n1-c1ccccc1)CCC2. The van der Waals surface area contributed by atoms with Crippen molar-refractivity contribution in [3.8, 4) is 5.69 Å². The van der Waals surface area contributed by atoms with Crippen LogP contribution in [0.25, 0.3) is 5.69 Å². The monoisotopic (exact) mass is 228 g/mol. The van der Waals surface area contributed by atoms with Crippen molar-refractivity contribution in [1.29, 1.82) is 0 Å². The molecule has 0 amide bonds. The van der Waals surface area contributed by atoms with Crippen molar-refractivity contribution in [2.24, 2.45) is 0 Å². The van der Waals surface area contributed by atoms with Crippen LogP contribution >= 0.6 is 0 Å². The summed E-state index contributed by atoms with van der Waals surface area (Å²) in [5, 5.41) is 0. The average Bonchev–Trinajstić information content (AvgIpc) is 2.78. The number of nitrogens with zero attached hydrogens (tertiary/aromatic N) is 2. The highest BCUT2D eigenvalue weighted by Gasteiger charge is 2.16. The molecule has 0 saturated heterocycles. The minimum absolute atomic E-state index is 0.226.